The summed E-state index contributed by atoms with van der Waals surface area (Å²) in [5.74, 6) is 0. The molecular weight excluding hydrogens is 120 g/mol. The maximum atomic E-state index is 8.35. The molecule has 0 heterocycles. The van der Waals surface area contributed by atoms with E-state index in [4.69, 9.17) is 10.4 Å². The van der Waals surface area contributed by atoms with E-state index in [1.165, 1.54) is 0 Å². The maximum absolute atomic E-state index is 8.35. The van der Waals surface area contributed by atoms with Gasteiger partial charge in [0.05, 0.1) is 6.10 Å². The van der Waals surface area contributed by atoms with Crippen LogP contribution in [-0.2, 0) is 4.89 Å². The van der Waals surface area contributed by atoms with Crippen molar-refractivity contribution in [2.75, 3.05) is 6.61 Å². The third-order valence-electron chi connectivity index (χ3n) is 1.20. The zero-order valence-electron chi connectivity index (χ0n) is 5.71. The van der Waals surface area contributed by atoms with Gasteiger partial charge < -0.3 is 5.11 Å². The lowest BCUT2D eigenvalue weighted by Crippen LogP contribution is -2.04. The first-order valence-electron chi connectivity index (χ1n) is 3.22. The van der Waals surface area contributed by atoms with Crippen molar-refractivity contribution >= 4 is 0 Å². The van der Waals surface area contributed by atoms with Crippen LogP contribution in [0.3, 0.4) is 0 Å². The first-order valence-corrected chi connectivity index (χ1v) is 3.22. The predicted molar refractivity (Wildman–Crippen MR) is 34.1 cm³/mol. The Kier molecular flexibility index (Phi) is 5.93. The van der Waals surface area contributed by atoms with Gasteiger partial charge in [-0.3, -0.25) is 5.26 Å². The van der Waals surface area contributed by atoms with Crippen LogP contribution in [0.15, 0.2) is 0 Å². The van der Waals surface area contributed by atoms with Crippen LogP contribution in [0.2, 0.25) is 0 Å². The van der Waals surface area contributed by atoms with E-state index >= 15 is 0 Å². The zero-order valence-corrected chi connectivity index (χ0v) is 5.71. The highest BCUT2D eigenvalue weighted by atomic mass is 17.1. The lowest BCUT2D eigenvalue weighted by molar-refractivity contribution is -0.275. The average Bonchev–Trinajstić information content (AvgIpc) is 1.89. The molecule has 0 spiro atoms. The molecule has 1 atom stereocenters. The fourth-order valence-corrected chi connectivity index (χ4v) is 0.596. The standard InChI is InChI=1S/C6H14O3/c1-6(9-8)4-2-3-5-7/h6-8H,2-5H2,1H3. The number of hydrogen-bond acceptors (Lipinski definition) is 3. The predicted octanol–water partition coefficient (Wildman–Crippen LogP) is 1.03. The summed E-state index contributed by atoms with van der Waals surface area (Å²) in [4.78, 5) is 4.02. The summed E-state index contributed by atoms with van der Waals surface area (Å²) in [6, 6.07) is 0. The van der Waals surface area contributed by atoms with Crippen LogP contribution >= 0.6 is 0 Å². The van der Waals surface area contributed by atoms with E-state index in [1.807, 2.05) is 0 Å². The SMILES string of the molecule is CC(CCCCO)OO. The molecule has 0 amide bonds. The lowest BCUT2D eigenvalue weighted by Gasteiger charge is -2.04. The van der Waals surface area contributed by atoms with Crippen molar-refractivity contribution in [3.05, 3.63) is 0 Å². The monoisotopic (exact) mass is 134 g/mol. The quantitative estimate of drug-likeness (QED) is 0.335. The first kappa shape index (κ1) is 8.88. The fourth-order valence-electron chi connectivity index (χ4n) is 0.596. The van der Waals surface area contributed by atoms with Gasteiger partial charge in [-0.1, -0.05) is 0 Å². The molecule has 3 nitrogen and oxygen atoms in total. The molecule has 0 saturated carbocycles. The summed E-state index contributed by atoms with van der Waals surface area (Å²) in [5.41, 5.74) is 0. The fraction of sp³-hybridized carbons (Fsp3) is 1.00. The molecule has 0 aliphatic rings. The number of aliphatic hydroxyl groups excluding tert-OH is 1. The summed E-state index contributed by atoms with van der Waals surface area (Å²) < 4.78 is 0. The Bertz CT molecular complexity index is 56.3. The Hall–Kier alpha value is -0.120. The van der Waals surface area contributed by atoms with Gasteiger partial charge in [-0.15, -0.1) is 0 Å². The van der Waals surface area contributed by atoms with Crippen molar-refractivity contribution in [2.24, 2.45) is 0 Å². The molecule has 3 heteroatoms. The molecule has 0 fully saturated rings. The topological polar surface area (TPSA) is 49.7 Å². The molecule has 0 rings (SSSR count). The van der Waals surface area contributed by atoms with Crippen molar-refractivity contribution in [3.8, 4) is 0 Å². The Morgan fingerprint density at radius 2 is 2.11 bits per heavy atom. The zero-order chi connectivity index (χ0) is 7.11. The molecule has 0 aromatic heterocycles. The molecule has 0 radical (unpaired) electrons. The normalized spacial score (nSPS) is 13.7. The highest BCUT2D eigenvalue weighted by Gasteiger charge is 1.98. The van der Waals surface area contributed by atoms with Gasteiger partial charge in [-0.2, -0.15) is 0 Å². The van der Waals surface area contributed by atoms with Gasteiger partial charge in [0, 0.05) is 6.61 Å². The van der Waals surface area contributed by atoms with Gasteiger partial charge in [0.1, 0.15) is 0 Å². The minimum Gasteiger partial charge on any atom is -0.396 e. The van der Waals surface area contributed by atoms with Crippen molar-refractivity contribution in [3.63, 3.8) is 0 Å². The molecule has 56 valence electrons. The van der Waals surface area contributed by atoms with Crippen LogP contribution in [0.1, 0.15) is 26.2 Å². The van der Waals surface area contributed by atoms with E-state index in [2.05, 4.69) is 4.89 Å². The number of aliphatic hydroxyl groups is 1. The van der Waals surface area contributed by atoms with Crippen LogP contribution in [0, 0.1) is 0 Å². The minimum atomic E-state index is -0.100. The highest BCUT2D eigenvalue weighted by molar-refractivity contribution is 4.47. The first-order chi connectivity index (χ1) is 4.31. The third-order valence-corrected chi connectivity index (χ3v) is 1.20. The Morgan fingerprint density at radius 3 is 2.56 bits per heavy atom. The molecule has 1 unspecified atom stereocenters. The largest absolute Gasteiger partial charge is 0.396 e. The molecule has 0 aromatic rings. The second-order valence-corrected chi connectivity index (χ2v) is 2.14. The maximum Gasteiger partial charge on any atom is 0.0899 e. The van der Waals surface area contributed by atoms with Gasteiger partial charge in [0.15, 0.2) is 0 Å². The Morgan fingerprint density at radius 1 is 1.44 bits per heavy atom. The summed E-state index contributed by atoms with van der Waals surface area (Å²) in [5, 5.41) is 16.4. The molecule has 0 bridgehead atoms. The van der Waals surface area contributed by atoms with Crippen LogP contribution < -0.4 is 0 Å². The Labute approximate surface area is 55.2 Å². The minimum absolute atomic E-state index is 0.100. The molecule has 0 aliphatic carbocycles. The van der Waals surface area contributed by atoms with E-state index in [0.717, 1.165) is 19.3 Å². The van der Waals surface area contributed by atoms with E-state index in [-0.39, 0.29) is 12.7 Å². The van der Waals surface area contributed by atoms with Crippen molar-refractivity contribution in [2.45, 2.75) is 32.3 Å². The summed E-state index contributed by atoms with van der Waals surface area (Å²) in [6.07, 6.45) is 2.39. The number of hydrogen-bond donors (Lipinski definition) is 2. The van der Waals surface area contributed by atoms with Gasteiger partial charge >= 0.3 is 0 Å². The Balaban J connectivity index is 2.88. The average molecular weight is 134 g/mol. The van der Waals surface area contributed by atoms with Crippen LogP contribution in [-0.4, -0.2) is 23.1 Å². The smallest absolute Gasteiger partial charge is 0.0899 e. The second kappa shape index (κ2) is 6.01. The molecule has 2 N–H and O–H groups in total. The van der Waals surface area contributed by atoms with E-state index in [9.17, 15) is 0 Å². The van der Waals surface area contributed by atoms with Crippen molar-refractivity contribution in [1.29, 1.82) is 0 Å². The van der Waals surface area contributed by atoms with Crippen molar-refractivity contribution in [1.82, 2.24) is 0 Å². The third kappa shape index (κ3) is 5.76. The van der Waals surface area contributed by atoms with Gasteiger partial charge in [-0.05, 0) is 26.2 Å². The van der Waals surface area contributed by atoms with Crippen LogP contribution in [0.4, 0.5) is 0 Å². The second-order valence-electron chi connectivity index (χ2n) is 2.14. The summed E-state index contributed by atoms with van der Waals surface area (Å²) in [7, 11) is 0. The number of unbranched alkanes of at least 4 members (excludes halogenated alkanes) is 1. The van der Waals surface area contributed by atoms with Crippen molar-refractivity contribution < 1.29 is 15.3 Å². The summed E-state index contributed by atoms with van der Waals surface area (Å²) >= 11 is 0. The molecule has 0 saturated heterocycles. The van der Waals surface area contributed by atoms with E-state index < -0.39 is 0 Å². The molecule has 0 aliphatic heterocycles. The van der Waals surface area contributed by atoms with Gasteiger partial charge in [0.25, 0.3) is 0 Å². The number of rotatable bonds is 5. The van der Waals surface area contributed by atoms with Gasteiger partial charge in [0.2, 0.25) is 0 Å². The molecule has 0 aromatic carbocycles. The lowest BCUT2D eigenvalue weighted by atomic mass is 10.2. The van der Waals surface area contributed by atoms with E-state index in [0.29, 0.717) is 0 Å². The van der Waals surface area contributed by atoms with Crippen LogP contribution in [0.5, 0.6) is 0 Å². The van der Waals surface area contributed by atoms with Gasteiger partial charge in [-0.25, -0.2) is 4.89 Å². The van der Waals surface area contributed by atoms with Crippen LogP contribution in [0.25, 0.3) is 0 Å². The van der Waals surface area contributed by atoms with E-state index in [1.54, 1.807) is 6.92 Å². The molecular formula is C6H14O3. The molecule has 9 heavy (non-hydrogen) atoms. The highest BCUT2D eigenvalue weighted by Crippen LogP contribution is 2.01. The summed E-state index contributed by atoms with van der Waals surface area (Å²) in [6.45, 7) is 2.01.